The van der Waals surface area contributed by atoms with Crippen LogP contribution in [0.4, 0.5) is 0 Å². The van der Waals surface area contributed by atoms with Gasteiger partial charge in [-0.3, -0.25) is 4.98 Å². The molecule has 1 nitrogen and oxygen atoms in total. The van der Waals surface area contributed by atoms with Crippen molar-refractivity contribution in [2.24, 2.45) is 0 Å². The maximum absolute atomic E-state index is 4.39. The van der Waals surface area contributed by atoms with E-state index in [0.29, 0.717) is 0 Å². The van der Waals surface area contributed by atoms with Gasteiger partial charge < -0.3 is 0 Å². The van der Waals surface area contributed by atoms with Crippen molar-refractivity contribution >= 4 is 0 Å². The van der Waals surface area contributed by atoms with Crippen LogP contribution in [-0.2, 0) is 12.8 Å². The average Bonchev–Trinajstić information content (AvgIpc) is 2.15. The summed E-state index contributed by atoms with van der Waals surface area (Å²) in [5.74, 6) is 0. The van der Waals surface area contributed by atoms with Crippen LogP contribution >= 0.6 is 0 Å². The Bertz CT molecular complexity index is 230. The highest BCUT2D eigenvalue weighted by Gasteiger charge is 1.99. The molecule has 0 atom stereocenters. The quantitative estimate of drug-likeness (QED) is 0.665. The largest absolute Gasteiger partial charge is 0.261 e. The van der Waals surface area contributed by atoms with Crippen molar-refractivity contribution < 1.29 is 0 Å². The predicted molar refractivity (Wildman–Crippen MR) is 52.2 cm³/mol. The summed E-state index contributed by atoms with van der Waals surface area (Å²) in [6, 6.07) is 4.20. The van der Waals surface area contributed by atoms with Crippen molar-refractivity contribution in [3.05, 3.63) is 29.6 Å². The molecule has 0 radical (unpaired) electrons. The number of hydrogen-bond acceptors (Lipinski definition) is 1. The molecule has 0 unspecified atom stereocenters. The highest BCUT2D eigenvalue weighted by Crippen LogP contribution is 2.09. The number of aromatic nitrogens is 1. The Hall–Kier alpha value is -0.850. The second kappa shape index (κ2) is 4.91. The fraction of sp³-hybridized carbons (Fsp3) is 0.545. The van der Waals surface area contributed by atoms with Crippen LogP contribution in [0.15, 0.2) is 18.3 Å². The molecule has 66 valence electrons. The van der Waals surface area contributed by atoms with Crippen LogP contribution in [0.5, 0.6) is 0 Å². The molecule has 0 amide bonds. The van der Waals surface area contributed by atoms with Gasteiger partial charge in [0.1, 0.15) is 0 Å². The molecular formula is C11H17N. The summed E-state index contributed by atoms with van der Waals surface area (Å²) in [7, 11) is 0. The predicted octanol–water partition coefficient (Wildman–Crippen LogP) is 2.99. The maximum Gasteiger partial charge on any atom is 0.0435 e. The standard InChI is InChI=1S/C11H17N/c1-3-5-8-11-10(4-2)7-6-9-12-11/h6-7,9H,3-5,8H2,1-2H3. The zero-order valence-corrected chi connectivity index (χ0v) is 8.01. The van der Waals surface area contributed by atoms with Crippen LogP contribution in [0.3, 0.4) is 0 Å². The molecule has 1 aromatic rings. The maximum atomic E-state index is 4.39. The van der Waals surface area contributed by atoms with E-state index in [9.17, 15) is 0 Å². The Morgan fingerprint density at radius 2 is 2.17 bits per heavy atom. The van der Waals surface area contributed by atoms with Crippen molar-refractivity contribution in [2.75, 3.05) is 0 Å². The van der Waals surface area contributed by atoms with Crippen molar-refractivity contribution in [3.8, 4) is 0 Å². The summed E-state index contributed by atoms with van der Waals surface area (Å²) in [6.07, 6.45) is 6.64. The van der Waals surface area contributed by atoms with E-state index in [1.54, 1.807) is 0 Å². The normalized spacial score (nSPS) is 10.2. The van der Waals surface area contributed by atoms with Gasteiger partial charge in [0.2, 0.25) is 0 Å². The van der Waals surface area contributed by atoms with Gasteiger partial charge in [-0.05, 0) is 30.9 Å². The Morgan fingerprint density at radius 3 is 2.83 bits per heavy atom. The highest BCUT2D eigenvalue weighted by molar-refractivity contribution is 5.19. The molecule has 0 spiro atoms. The van der Waals surface area contributed by atoms with Gasteiger partial charge in [0.05, 0.1) is 0 Å². The van der Waals surface area contributed by atoms with Crippen molar-refractivity contribution in [1.29, 1.82) is 0 Å². The van der Waals surface area contributed by atoms with Gasteiger partial charge in [0, 0.05) is 11.9 Å². The fourth-order valence-corrected chi connectivity index (χ4v) is 1.36. The number of nitrogens with zero attached hydrogens (tertiary/aromatic N) is 1. The molecule has 1 rings (SSSR count). The number of hydrogen-bond donors (Lipinski definition) is 0. The van der Waals surface area contributed by atoms with Gasteiger partial charge in [0.15, 0.2) is 0 Å². The van der Waals surface area contributed by atoms with Crippen molar-refractivity contribution in [1.82, 2.24) is 4.98 Å². The summed E-state index contributed by atoms with van der Waals surface area (Å²) in [4.78, 5) is 4.39. The second-order valence-electron chi connectivity index (χ2n) is 3.07. The van der Waals surface area contributed by atoms with Gasteiger partial charge >= 0.3 is 0 Å². The third-order valence-electron chi connectivity index (χ3n) is 2.13. The number of rotatable bonds is 4. The molecule has 0 bridgehead atoms. The lowest BCUT2D eigenvalue weighted by molar-refractivity contribution is 0.766. The lowest BCUT2D eigenvalue weighted by Crippen LogP contribution is -1.95. The molecule has 1 heterocycles. The first kappa shape index (κ1) is 9.24. The third-order valence-corrected chi connectivity index (χ3v) is 2.13. The molecule has 12 heavy (non-hydrogen) atoms. The van der Waals surface area contributed by atoms with E-state index >= 15 is 0 Å². The summed E-state index contributed by atoms with van der Waals surface area (Å²) in [5.41, 5.74) is 2.70. The van der Waals surface area contributed by atoms with Crippen LogP contribution in [-0.4, -0.2) is 4.98 Å². The SMILES string of the molecule is CCCCc1ncccc1CC. The molecule has 0 aliphatic rings. The van der Waals surface area contributed by atoms with E-state index in [2.05, 4.69) is 24.9 Å². The molecule has 0 fully saturated rings. The number of pyridine rings is 1. The van der Waals surface area contributed by atoms with Crippen LogP contribution in [0.25, 0.3) is 0 Å². The lowest BCUT2D eigenvalue weighted by Gasteiger charge is -2.04. The van der Waals surface area contributed by atoms with E-state index < -0.39 is 0 Å². The Labute approximate surface area is 74.8 Å². The average molecular weight is 163 g/mol. The Balaban J connectivity index is 2.68. The van der Waals surface area contributed by atoms with Crippen LogP contribution < -0.4 is 0 Å². The minimum atomic E-state index is 1.10. The minimum Gasteiger partial charge on any atom is -0.261 e. The van der Waals surface area contributed by atoms with Crippen molar-refractivity contribution in [3.63, 3.8) is 0 Å². The van der Waals surface area contributed by atoms with E-state index in [0.717, 1.165) is 12.8 Å². The molecule has 0 saturated carbocycles. The number of aryl methyl sites for hydroxylation is 2. The molecule has 0 N–H and O–H groups in total. The van der Waals surface area contributed by atoms with Crippen LogP contribution in [0, 0.1) is 0 Å². The topological polar surface area (TPSA) is 12.9 Å². The fourth-order valence-electron chi connectivity index (χ4n) is 1.36. The molecule has 1 aromatic heterocycles. The zero-order chi connectivity index (χ0) is 8.81. The Kier molecular flexibility index (Phi) is 3.78. The van der Waals surface area contributed by atoms with E-state index in [4.69, 9.17) is 0 Å². The van der Waals surface area contributed by atoms with Crippen LogP contribution in [0.1, 0.15) is 37.9 Å². The monoisotopic (exact) mass is 163 g/mol. The van der Waals surface area contributed by atoms with Crippen LogP contribution in [0.2, 0.25) is 0 Å². The molecular weight excluding hydrogens is 146 g/mol. The molecule has 0 aliphatic heterocycles. The number of unbranched alkanes of at least 4 members (excludes halogenated alkanes) is 1. The smallest absolute Gasteiger partial charge is 0.0435 e. The van der Waals surface area contributed by atoms with Gasteiger partial charge in [-0.15, -0.1) is 0 Å². The van der Waals surface area contributed by atoms with E-state index in [1.165, 1.54) is 24.1 Å². The van der Waals surface area contributed by atoms with Gasteiger partial charge in [-0.25, -0.2) is 0 Å². The second-order valence-corrected chi connectivity index (χ2v) is 3.07. The summed E-state index contributed by atoms with van der Waals surface area (Å²) >= 11 is 0. The summed E-state index contributed by atoms with van der Waals surface area (Å²) in [5, 5.41) is 0. The first-order valence-electron chi connectivity index (χ1n) is 4.81. The zero-order valence-electron chi connectivity index (χ0n) is 8.01. The molecule has 0 aromatic carbocycles. The van der Waals surface area contributed by atoms with Crippen molar-refractivity contribution in [2.45, 2.75) is 39.5 Å². The molecule has 0 saturated heterocycles. The summed E-state index contributed by atoms with van der Waals surface area (Å²) in [6.45, 7) is 4.40. The third kappa shape index (κ3) is 2.33. The highest BCUT2D eigenvalue weighted by atomic mass is 14.7. The van der Waals surface area contributed by atoms with Gasteiger partial charge in [0.25, 0.3) is 0 Å². The van der Waals surface area contributed by atoms with E-state index in [1.807, 2.05) is 12.3 Å². The first-order chi connectivity index (χ1) is 5.88. The Morgan fingerprint density at radius 1 is 1.33 bits per heavy atom. The summed E-state index contributed by atoms with van der Waals surface area (Å²) < 4.78 is 0. The molecule has 0 aliphatic carbocycles. The van der Waals surface area contributed by atoms with E-state index in [-0.39, 0.29) is 0 Å². The van der Waals surface area contributed by atoms with Gasteiger partial charge in [-0.2, -0.15) is 0 Å². The first-order valence-corrected chi connectivity index (χ1v) is 4.81. The lowest BCUT2D eigenvalue weighted by atomic mass is 10.1. The van der Waals surface area contributed by atoms with Gasteiger partial charge in [-0.1, -0.05) is 26.3 Å². The minimum absolute atomic E-state index is 1.10. The molecule has 1 heteroatoms.